The minimum atomic E-state index is -0.0841. The quantitative estimate of drug-likeness (QED) is 0.777. The zero-order valence-corrected chi connectivity index (χ0v) is 15.0. The Kier molecular flexibility index (Phi) is 4.86. The average molecular weight is 370 g/mol. The summed E-state index contributed by atoms with van der Waals surface area (Å²) in [5.74, 6) is 1.28. The molecule has 134 valence electrons. The molecule has 0 radical (unpaired) electrons. The molecule has 2 aliphatic rings. The number of rotatable bonds is 3. The summed E-state index contributed by atoms with van der Waals surface area (Å²) in [4.78, 5) is 21.3. The SMILES string of the molecule is O=C(NC1CCNC1)c1ccnc(N=C2CCc3cc(Cl)ccc3N2)c1. The van der Waals surface area contributed by atoms with Crippen molar-refractivity contribution in [3.05, 3.63) is 52.7 Å². The molecule has 0 saturated carbocycles. The minimum absolute atomic E-state index is 0.0841. The van der Waals surface area contributed by atoms with Gasteiger partial charge in [0.05, 0.1) is 0 Å². The van der Waals surface area contributed by atoms with Gasteiger partial charge in [0, 0.05) is 41.5 Å². The largest absolute Gasteiger partial charge is 0.348 e. The van der Waals surface area contributed by atoms with Crippen molar-refractivity contribution in [3.8, 4) is 0 Å². The Hall–Kier alpha value is -2.44. The summed E-state index contributed by atoms with van der Waals surface area (Å²) in [6, 6.07) is 9.42. The van der Waals surface area contributed by atoms with Crippen molar-refractivity contribution >= 4 is 34.8 Å². The van der Waals surface area contributed by atoms with Crippen LogP contribution in [0.3, 0.4) is 0 Å². The molecule has 0 spiro atoms. The van der Waals surface area contributed by atoms with E-state index in [-0.39, 0.29) is 11.9 Å². The van der Waals surface area contributed by atoms with Crippen LogP contribution in [0.15, 0.2) is 41.5 Å². The summed E-state index contributed by atoms with van der Waals surface area (Å²) in [6.07, 6.45) is 4.23. The summed E-state index contributed by atoms with van der Waals surface area (Å²) in [6.45, 7) is 1.76. The molecule has 1 saturated heterocycles. The predicted octanol–water partition coefficient (Wildman–Crippen LogP) is 2.92. The maximum Gasteiger partial charge on any atom is 0.251 e. The third-order valence-corrected chi connectivity index (χ3v) is 4.87. The molecule has 2 aliphatic heterocycles. The second-order valence-corrected chi connectivity index (χ2v) is 6.99. The van der Waals surface area contributed by atoms with E-state index in [4.69, 9.17) is 11.6 Å². The van der Waals surface area contributed by atoms with Crippen LogP contribution in [0.25, 0.3) is 0 Å². The Morgan fingerprint density at radius 2 is 2.19 bits per heavy atom. The van der Waals surface area contributed by atoms with E-state index in [9.17, 15) is 4.79 Å². The molecule has 1 atom stereocenters. The highest BCUT2D eigenvalue weighted by molar-refractivity contribution is 6.30. The Bertz CT molecular complexity index is 861. The second kappa shape index (κ2) is 7.43. The van der Waals surface area contributed by atoms with Crippen molar-refractivity contribution in [2.45, 2.75) is 25.3 Å². The second-order valence-electron chi connectivity index (χ2n) is 6.55. The number of carbonyl (C=O) groups excluding carboxylic acids is 1. The molecule has 1 amide bonds. The van der Waals surface area contributed by atoms with Gasteiger partial charge >= 0.3 is 0 Å². The van der Waals surface area contributed by atoms with Crippen molar-refractivity contribution < 1.29 is 4.79 Å². The highest BCUT2D eigenvalue weighted by atomic mass is 35.5. The van der Waals surface area contributed by atoms with E-state index in [2.05, 4.69) is 25.9 Å². The van der Waals surface area contributed by atoms with Crippen LogP contribution in [0.5, 0.6) is 0 Å². The van der Waals surface area contributed by atoms with Gasteiger partial charge in [0.25, 0.3) is 5.91 Å². The normalized spacial score (nSPS) is 20.5. The van der Waals surface area contributed by atoms with E-state index in [1.165, 1.54) is 5.56 Å². The van der Waals surface area contributed by atoms with E-state index in [1.54, 1.807) is 18.3 Å². The van der Waals surface area contributed by atoms with Gasteiger partial charge in [-0.1, -0.05) is 11.6 Å². The van der Waals surface area contributed by atoms with Crippen molar-refractivity contribution in [2.75, 3.05) is 18.4 Å². The molecule has 4 rings (SSSR count). The number of hydrogen-bond acceptors (Lipinski definition) is 4. The van der Waals surface area contributed by atoms with Crippen LogP contribution < -0.4 is 16.0 Å². The predicted molar refractivity (Wildman–Crippen MR) is 103 cm³/mol. The molecule has 3 heterocycles. The first-order valence-electron chi connectivity index (χ1n) is 8.78. The molecule has 1 aromatic carbocycles. The number of fused-ring (bicyclic) bond motifs is 1. The van der Waals surface area contributed by atoms with Gasteiger partial charge in [0.15, 0.2) is 5.82 Å². The van der Waals surface area contributed by atoms with Gasteiger partial charge in [-0.3, -0.25) is 4.79 Å². The first-order valence-corrected chi connectivity index (χ1v) is 9.16. The number of halogens is 1. The third kappa shape index (κ3) is 3.86. The number of hydrogen-bond donors (Lipinski definition) is 3. The molecule has 0 bridgehead atoms. The lowest BCUT2D eigenvalue weighted by Crippen LogP contribution is -2.36. The molecular weight excluding hydrogens is 350 g/mol. The van der Waals surface area contributed by atoms with Crippen LogP contribution in [-0.2, 0) is 6.42 Å². The number of aromatic nitrogens is 1. The van der Waals surface area contributed by atoms with Crippen LogP contribution in [0.2, 0.25) is 5.02 Å². The Labute approximate surface area is 157 Å². The number of aliphatic imine (C=N–C) groups is 1. The lowest BCUT2D eigenvalue weighted by molar-refractivity contribution is 0.0940. The molecule has 1 fully saturated rings. The number of benzene rings is 1. The van der Waals surface area contributed by atoms with Crippen molar-refractivity contribution in [2.24, 2.45) is 4.99 Å². The molecule has 2 aromatic rings. The van der Waals surface area contributed by atoms with Crippen LogP contribution in [0.1, 0.15) is 28.8 Å². The van der Waals surface area contributed by atoms with Crippen molar-refractivity contribution in [1.82, 2.24) is 15.6 Å². The van der Waals surface area contributed by atoms with Crippen LogP contribution >= 0.6 is 11.6 Å². The summed E-state index contributed by atoms with van der Waals surface area (Å²) in [7, 11) is 0. The van der Waals surface area contributed by atoms with Gasteiger partial charge in [-0.15, -0.1) is 0 Å². The van der Waals surface area contributed by atoms with E-state index in [1.807, 2.05) is 18.2 Å². The van der Waals surface area contributed by atoms with E-state index in [0.29, 0.717) is 11.4 Å². The zero-order valence-electron chi connectivity index (χ0n) is 14.3. The monoisotopic (exact) mass is 369 g/mol. The first-order chi connectivity index (χ1) is 12.7. The van der Waals surface area contributed by atoms with Gasteiger partial charge < -0.3 is 16.0 Å². The van der Waals surface area contributed by atoms with Gasteiger partial charge in [-0.25, -0.2) is 9.98 Å². The molecule has 0 aliphatic carbocycles. The van der Waals surface area contributed by atoms with Crippen LogP contribution in [-0.4, -0.2) is 35.9 Å². The fourth-order valence-corrected chi connectivity index (χ4v) is 3.45. The molecule has 3 N–H and O–H groups in total. The Morgan fingerprint density at radius 3 is 3.04 bits per heavy atom. The number of pyridine rings is 1. The highest BCUT2D eigenvalue weighted by Gasteiger charge is 2.18. The summed E-state index contributed by atoms with van der Waals surface area (Å²) in [5.41, 5.74) is 2.78. The van der Waals surface area contributed by atoms with E-state index in [0.717, 1.165) is 48.9 Å². The number of nitrogens with zero attached hydrogens (tertiary/aromatic N) is 2. The van der Waals surface area contributed by atoms with E-state index < -0.39 is 0 Å². The molecule has 6 nitrogen and oxygen atoms in total. The minimum Gasteiger partial charge on any atom is -0.348 e. The van der Waals surface area contributed by atoms with Crippen molar-refractivity contribution in [1.29, 1.82) is 0 Å². The molecule has 26 heavy (non-hydrogen) atoms. The molecular formula is C19H20ClN5O. The Morgan fingerprint density at radius 1 is 1.27 bits per heavy atom. The van der Waals surface area contributed by atoms with Gasteiger partial charge in [-0.2, -0.15) is 0 Å². The lowest BCUT2D eigenvalue weighted by atomic mass is 10.0. The number of amidine groups is 1. The van der Waals surface area contributed by atoms with Gasteiger partial charge in [0.2, 0.25) is 0 Å². The number of amides is 1. The molecule has 7 heteroatoms. The number of aryl methyl sites for hydroxylation is 1. The highest BCUT2D eigenvalue weighted by Crippen LogP contribution is 2.26. The standard InChI is InChI=1S/C19H20ClN5O/c20-14-2-3-16-12(9-14)1-4-17(24-16)25-18-10-13(5-8-22-18)19(26)23-15-6-7-21-11-15/h2-3,5,8-10,15,21H,1,4,6-7,11H2,(H,23,26)(H,22,24,25). The fraction of sp³-hybridized carbons (Fsp3) is 0.316. The van der Waals surface area contributed by atoms with Crippen LogP contribution in [0.4, 0.5) is 11.5 Å². The number of anilines is 1. The topological polar surface area (TPSA) is 78.4 Å². The van der Waals surface area contributed by atoms with E-state index >= 15 is 0 Å². The smallest absolute Gasteiger partial charge is 0.251 e. The summed E-state index contributed by atoms with van der Waals surface area (Å²) < 4.78 is 0. The lowest BCUT2D eigenvalue weighted by Gasteiger charge is -2.19. The zero-order chi connectivity index (χ0) is 17.9. The van der Waals surface area contributed by atoms with Crippen molar-refractivity contribution in [3.63, 3.8) is 0 Å². The molecule has 1 unspecified atom stereocenters. The van der Waals surface area contributed by atoms with Gasteiger partial charge in [0.1, 0.15) is 5.84 Å². The summed E-state index contributed by atoms with van der Waals surface area (Å²) >= 11 is 6.04. The third-order valence-electron chi connectivity index (χ3n) is 4.63. The Balaban J connectivity index is 1.49. The number of carbonyl (C=O) groups is 1. The summed E-state index contributed by atoms with van der Waals surface area (Å²) in [5, 5.41) is 10.3. The average Bonchev–Trinajstić information content (AvgIpc) is 3.15. The maximum absolute atomic E-state index is 12.4. The number of nitrogens with one attached hydrogen (secondary N) is 3. The first kappa shape index (κ1) is 17.0. The molecule has 1 aromatic heterocycles. The van der Waals surface area contributed by atoms with Gasteiger partial charge in [-0.05, 0) is 55.3 Å². The van der Waals surface area contributed by atoms with Crippen LogP contribution in [0, 0.1) is 0 Å². The fourth-order valence-electron chi connectivity index (χ4n) is 3.25. The maximum atomic E-state index is 12.4.